The molecule has 11 heavy (non-hydrogen) atoms. The Morgan fingerprint density at radius 2 is 1.82 bits per heavy atom. The molecular weight excluding hydrogens is 144 g/mol. The van der Waals surface area contributed by atoms with Crippen molar-refractivity contribution in [2.75, 3.05) is 0 Å². The van der Waals surface area contributed by atoms with Gasteiger partial charge in [-0.25, -0.2) is 0 Å². The molecule has 1 saturated heterocycles. The molecule has 1 N–H and O–H groups in total. The molecule has 1 rings (SSSR count). The highest BCUT2D eigenvalue weighted by atomic mass is 16.6. The number of esters is 1. The number of carbonyl (C=O) groups excluding carboxylic acids is 1. The zero-order valence-electron chi connectivity index (χ0n) is 7.34. The standard InChI is InChI=1S/C8H14O3/c1-7(2)5(9)11-6(10)8(7,3)4/h5,9H,1-4H3. The lowest BCUT2D eigenvalue weighted by molar-refractivity contribution is -0.160. The van der Waals surface area contributed by atoms with E-state index in [0.29, 0.717) is 0 Å². The van der Waals surface area contributed by atoms with Crippen LogP contribution in [0, 0.1) is 10.8 Å². The van der Waals surface area contributed by atoms with Crippen molar-refractivity contribution in [3.05, 3.63) is 0 Å². The lowest BCUT2D eigenvalue weighted by atomic mass is 9.69. The Morgan fingerprint density at radius 3 is 1.91 bits per heavy atom. The van der Waals surface area contributed by atoms with Gasteiger partial charge in [-0.15, -0.1) is 0 Å². The third kappa shape index (κ3) is 0.872. The molecule has 3 nitrogen and oxygen atoms in total. The number of ether oxygens (including phenoxy) is 1. The van der Waals surface area contributed by atoms with Crippen molar-refractivity contribution in [3.8, 4) is 0 Å². The quantitative estimate of drug-likeness (QED) is 0.533. The number of aliphatic hydroxyl groups is 1. The normalized spacial score (nSPS) is 33.5. The fourth-order valence-electron chi connectivity index (χ4n) is 0.968. The van der Waals surface area contributed by atoms with Gasteiger partial charge in [0.2, 0.25) is 6.29 Å². The van der Waals surface area contributed by atoms with Crippen LogP contribution in [-0.4, -0.2) is 17.4 Å². The van der Waals surface area contributed by atoms with E-state index in [2.05, 4.69) is 0 Å². The summed E-state index contributed by atoms with van der Waals surface area (Å²) in [5.74, 6) is -0.324. The number of hydrogen-bond acceptors (Lipinski definition) is 3. The second kappa shape index (κ2) is 1.97. The first-order valence-corrected chi connectivity index (χ1v) is 3.69. The fraction of sp³-hybridized carbons (Fsp3) is 0.875. The summed E-state index contributed by atoms with van der Waals surface area (Å²) in [4.78, 5) is 11.1. The van der Waals surface area contributed by atoms with Crippen LogP contribution in [0.1, 0.15) is 27.7 Å². The zero-order valence-corrected chi connectivity index (χ0v) is 7.34. The average molecular weight is 158 g/mol. The topological polar surface area (TPSA) is 46.5 Å². The molecule has 0 aliphatic carbocycles. The van der Waals surface area contributed by atoms with E-state index in [1.54, 1.807) is 13.8 Å². The van der Waals surface area contributed by atoms with Crippen LogP contribution in [0.3, 0.4) is 0 Å². The largest absolute Gasteiger partial charge is 0.435 e. The molecule has 64 valence electrons. The van der Waals surface area contributed by atoms with Gasteiger partial charge in [0.15, 0.2) is 0 Å². The first kappa shape index (κ1) is 8.53. The fourth-order valence-corrected chi connectivity index (χ4v) is 0.968. The van der Waals surface area contributed by atoms with Gasteiger partial charge in [0.1, 0.15) is 0 Å². The van der Waals surface area contributed by atoms with Crippen molar-refractivity contribution in [3.63, 3.8) is 0 Å². The van der Waals surface area contributed by atoms with Gasteiger partial charge in [-0.3, -0.25) is 4.79 Å². The summed E-state index contributed by atoms with van der Waals surface area (Å²) in [6.07, 6.45) is -0.968. The Morgan fingerprint density at radius 1 is 1.36 bits per heavy atom. The summed E-state index contributed by atoms with van der Waals surface area (Å²) < 4.78 is 4.71. The van der Waals surface area contributed by atoms with Crippen LogP contribution in [0.15, 0.2) is 0 Å². The van der Waals surface area contributed by atoms with Gasteiger partial charge in [-0.1, -0.05) is 13.8 Å². The highest BCUT2D eigenvalue weighted by Gasteiger charge is 2.56. The Kier molecular flexibility index (Phi) is 1.53. The SMILES string of the molecule is CC1(C)C(=O)OC(O)C1(C)C. The monoisotopic (exact) mass is 158 g/mol. The molecule has 0 bridgehead atoms. The number of hydrogen-bond donors (Lipinski definition) is 1. The van der Waals surface area contributed by atoms with E-state index in [4.69, 9.17) is 4.74 Å². The number of cyclic esters (lactones) is 1. The molecular formula is C8H14O3. The van der Waals surface area contributed by atoms with Crippen molar-refractivity contribution in [2.45, 2.75) is 34.0 Å². The molecule has 0 aromatic carbocycles. The molecule has 3 heteroatoms. The Bertz CT molecular complexity index is 194. The second-order valence-electron chi connectivity index (χ2n) is 4.10. The van der Waals surface area contributed by atoms with E-state index in [0.717, 1.165) is 0 Å². The molecule has 1 aliphatic heterocycles. The summed E-state index contributed by atoms with van der Waals surface area (Å²) in [5.41, 5.74) is -1.09. The van der Waals surface area contributed by atoms with Gasteiger partial charge in [0.25, 0.3) is 0 Å². The Labute approximate surface area is 66.4 Å². The Hall–Kier alpha value is -0.570. The third-order valence-electron chi connectivity index (χ3n) is 2.96. The predicted octanol–water partition coefficient (Wildman–Crippen LogP) is 0.914. The van der Waals surface area contributed by atoms with Crippen molar-refractivity contribution < 1.29 is 14.6 Å². The number of carbonyl (C=O) groups is 1. The van der Waals surface area contributed by atoms with Crippen molar-refractivity contribution in [1.29, 1.82) is 0 Å². The number of aliphatic hydroxyl groups excluding tert-OH is 1. The third-order valence-corrected chi connectivity index (χ3v) is 2.96. The molecule has 0 saturated carbocycles. The van der Waals surface area contributed by atoms with Gasteiger partial charge in [-0.2, -0.15) is 0 Å². The Balaban J connectivity index is 3.04. The lowest BCUT2D eigenvalue weighted by Gasteiger charge is -2.30. The summed E-state index contributed by atoms with van der Waals surface area (Å²) in [6, 6.07) is 0. The maximum absolute atomic E-state index is 11.1. The van der Waals surface area contributed by atoms with Crippen LogP contribution in [0.4, 0.5) is 0 Å². The van der Waals surface area contributed by atoms with E-state index in [1.165, 1.54) is 0 Å². The molecule has 0 aromatic heterocycles. The minimum absolute atomic E-state index is 0.324. The lowest BCUT2D eigenvalue weighted by Crippen LogP contribution is -2.37. The summed E-state index contributed by atoms with van der Waals surface area (Å²) in [6.45, 7) is 7.21. The number of rotatable bonds is 0. The van der Waals surface area contributed by atoms with E-state index >= 15 is 0 Å². The molecule has 0 amide bonds. The first-order chi connectivity index (χ1) is 4.80. The first-order valence-electron chi connectivity index (χ1n) is 3.69. The molecule has 1 fully saturated rings. The molecule has 0 aromatic rings. The maximum Gasteiger partial charge on any atom is 0.314 e. The van der Waals surface area contributed by atoms with Gasteiger partial charge in [0, 0.05) is 5.41 Å². The van der Waals surface area contributed by atoms with Crippen molar-refractivity contribution in [1.82, 2.24) is 0 Å². The second-order valence-corrected chi connectivity index (χ2v) is 4.10. The predicted molar refractivity (Wildman–Crippen MR) is 39.7 cm³/mol. The van der Waals surface area contributed by atoms with E-state index < -0.39 is 17.1 Å². The minimum Gasteiger partial charge on any atom is -0.435 e. The highest BCUT2D eigenvalue weighted by Crippen LogP contribution is 2.48. The average Bonchev–Trinajstić information content (AvgIpc) is 1.95. The van der Waals surface area contributed by atoms with Crippen molar-refractivity contribution >= 4 is 5.97 Å². The molecule has 0 radical (unpaired) electrons. The van der Waals surface area contributed by atoms with Gasteiger partial charge >= 0.3 is 5.97 Å². The molecule has 1 aliphatic rings. The smallest absolute Gasteiger partial charge is 0.314 e. The van der Waals surface area contributed by atoms with Crippen LogP contribution in [0.2, 0.25) is 0 Å². The van der Waals surface area contributed by atoms with Crippen LogP contribution in [-0.2, 0) is 9.53 Å². The minimum atomic E-state index is -0.968. The molecule has 1 atom stereocenters. The van der Waals surface area contributed by atoms with Gasteiger partial charge in [-0.05, 0) is 13.8 Å². The molecule has 1 unspecified atom stereocenters. The summed E-state index contributed by atoms with van der Waals surface area (Å²) >= 11 is 0. The molecule has 0 spiro atoms. The summed E-state index contributed by atoms with van der Waals surface area (Å²) in [5, 5.41) is 9.32. The van der Waals surface area contributed by atoms with Gasteiger partial charge < -0.3 is 9.84 Å². The van der Waals surface area contributed by atoms with Crippen molar-refractivity contribution in [2.24, 2.45) is 10.8 Å². The van der Waals surface area contributed by atoms with Crippen LogP contribution in [0.25, 0.3) is 0 Å². The van der Waals surface area contributed by atoms with E-state index in [9.17, 15) is 9.90 Å². The maximum atomic E-state index is 11.1. The highest BCUT2D eigenvalue weighted by molar-refractivity contribution is 5.79. The van der Waals surface area contributed by atoms with Gasteiger partial charge in [0.05, 0.1) is 5.41 Å². The zero-order chi connectivity index (χ0) is 8.86. The van der Waals surface area contributed by atoms with Crippen LogP contribution >= 0.6 is 0 Å². The van der Waals surface area contributed by atoms with Crippen LogP contribution < -0.4 is 0 Å². The van der Waals surface area contributed by atoms with Crippen LogP contribution in [0.5, 0.6) is 0 Å². The van der Waals surface area contributed by atoms with E-state index in [-0.39, 0.29) is 5.97 Å². The summed E-state index contributed by atoms with van der Waals surface area (Å²) in [7, 11) is 0. The molecule has 1 heterocycles. The van der Waals surface area contributed by atoms with E-state index in [1.807, 2.05) is 13.8 Å².